The molecule has 100 valence electrons. The topological polar surface area (TPSA) is 34.1 Å². The number of hydrogen-bond acceptors (Lipinski definition) is 3. The number of pyridine rings is 1. The second-order valence-corrected chi connectivity index (χ2v) is 5.00. The first-order chi connectivity index (χ1) is 8.90. The molecule has 0 unspecified atom stereocenters. The second kappa shape index (κ2) is 7.24. The average molecular weight is 248 g/mol. The molecule has 1 aromatic heterocycles. The van der Waals surface area contributed by atoms with Crippen LogP contribution in [-0.2, 0) is 0 Å². The second-order valence-electron chi connectivity index (χ2n) is 5.00. The van der Waals surface area contributed by atoms with Crippen molar-refractivity contribution in [1.29, 1.82) is 0 Å². The summed E-state index contributed by atoms with van der Waals surface area (Å²) in [5.74, 6) is 2.66. The number of nitrogens with one attached hydrogen (secondary N) is 1. The molecule has 0 spiro atoms. The van der Waals surface area contributed by atoms with Crippen LogP contribution >= 0.6 is 0 Å². The van der Waals surface area contributed by atoms with Crippen molar-refractivity contribution in [2.75, 3.05) is 18.5 Å². The zero-order valence-corrected chi connectivity index (χ0v) is 11.3. The molecule has 1 heterocycles. The van der Waals surface area contributed by atoms with E-state index in [0.29, 0.717) is 6.61 Å². The fourth-order valence-electron chi connectivity index (χ4n) is 2.67. The fourth-order valence-corrected chi connectivity index (χ4v) is 2.67. The van der Waals surface area contributed by atoms with E-state index in [2.05, 4.69) is 10.3 Å². The van der Waals surface area contributed by atoms with Crippen LogP contribution in [0.15, 0.2) is 18.3 Å². The Morgan fingerprint density at radius 2 is 2.17 bits per heavy atom. The first kappa shape index (κ1) is 13.2. The van der Waals surface area contributed by atoms with E-state index in [0.717, 1.165) is 24.0 Å². The Kier molecular flexibility index (Phi) is 5.31. The van der Waals surface area contributed by atoms with Gasteiger partial charge in [0.25, 0.3) is 0 Å². The lowest BCUT2D eigenvalue weighted by molar-refractivity contribution is 0.338. The third-order valence-corrected chi connectivity index (χ3v) is 3.64. The minimum absolute atomic E-state index is 0.684. The molecule has 1 aliphatic carbocycles. The van der Waals surface area contributed by atoms with Crippen LogP contribution in [0.5, 0.6) is 5.75 Å². The quantitative estimate of drug-likeness (QED) is 0.830. The van der Waals surface area contributed by atoms with Crippen LogP contribution in [0.4, 0.5) is 5.82 Å². The summed E-state index contributed by atoms with van der Waals surface area (Å²) in [6.07, 6.45) is 10.1. The summed E-state index contributed by atoms with van der Waals surface area (Å²) < 4.78 is 5.55. The van der Waals surface area contributed by atoms with Gasteiger partial charge in [-0.1, -0.05) is 32.1 Å². The SMILES string of the molecule is CCOc1cccnc1NCCC1CCCCC1. The summed E-state index contributed by atoms with van der Waals surface area (Å²) in [5, 5.41) is 3.41. The molecular formula is C15H24N2O. The number of nitrogens with zero attached hydrogens (tertiary/aromatic N) is 1. The summed E-state index contributed by atoms with van der Waals surface area (Å²) in [4.78, 5) is 4.34. The fraction of sp³-hybridized carbons (Fsp3) is 0.667. The highest BCUT2D eigenvalue weighted by atomic mass is 16.5. The van der Waals surface area contributed by atoms with Gasteiger partial charge in [0.15, 0.2) is 11.6 Å². The molecule has 1 fully saturated rings. The summed E-state index contributed by atoms with van der Waals surface area (Å²) in [5.41, 5.74) is 0. The van der Waals surface area contributed by atoms with Crippen LogP contribution in [0.1, 0.15) is 45.4 Å². The first-order valence-corrected chi connectivity index (χ1v) is 7.22. The normalized spacial score (nSPS) is 16.5. The standard InChI is InChI=1S/C15H24N2O/c1-2-18-14-9-6-11-16-15(14)17-12-10-13-7-4-3-5-8-13/h6,9,11,13H,2-5,7-8,10,12H2,1H3,(H,16,17). The lowest BCUT2D eigenvalue weighted by Crippen LogP contribution is -2.13. The van der Waals surface area contributed by atoms with Gasteiger partial charge in [-0.05, 0) is 31.4 Å². The molecule has 3 nitrogen and oxygen atoms in total. The first-order valence-electron chi connectivity index (χ1n) is 7.22. The van der Waals surface area contributed by atoms with Crippen molar-refractivity contribution in [3.8, 4) is 5.75 Å². The number of anilines is 1. The van der Waals surface area contributed by atoms with Crippen molar-refractivity contribution in [3.05, 3.63) is 18.3 Å². The smallest absolute Gasteiger partial charge is 0.168 e. The predicted octanol–water partition coefficient (Wildman–Crippen LogP) is 3.86. The van der Waals surface area contributed by atoms with E-state index in [1.807, 2.05) is 25.3 Å². The van der Waals surface area contributed by atoms with Crippen molar-refractivity contribution in [2.24, 2.45) is 5.92 Å². The van der Waals surface area contributed by atoms with E-state index in [-0.39, 0.29) is 0 Å². The van der Waals surface area contributed by atoms with Crippen LogP contribution in [0.2, 0.25) is 0 Å². The van der Waals surface area contributed by atoms with Gasteiger partial charge < -0.3 is 10.1 Å². The Hall–Kier alpha value is -1.25. The van der Waals surface area contributed by atoms with Gasteiger partial charge in [0, 0.05) is 12.7 Å². The summed E-state index contributed by atoms with van der Waals surface area (Å²) in [6, 6.07) is 3.89. The van der Waals surface area contributed by atoms with Crippen LogP contribution in [0.3, 0.4) is 0 Å². The molecule has 3 heteroatoms. The van der Waals surface area contributed by atoms with Gasteiger partial charge in [0.1, 0.15) is 0 Å². The molecule has 18 heavy (non-hydrogen) atoms. The summed E-state index contributed by atoms with van der Waals surface area (Å²) in [6.45, 7) is 3.68. The summed E-state index contributed by atoms with van der Waals surface area (Å²) >= 11 is 0. The van der Waals surface area contributed by atoms with Gasteiger partial charge in [-0.25, -0.2) is 4.98 Å². The molecule has 1 saturated carbocycles. The maximum atomic E-state index is 5.55. The van der Waals surface area contributed by atoms with Gasteiger partial charge in [-0.3, -0.25) is 0 Å². The highest BCUT2D eigenvalue weighted by molar-refractivity contribution is 5.49. The molecule has 1 N–H and O–H groups in total. The Morgan fingerprint density at radius 3 is 2.94 bits per heavy atom. The van der Waals surface area contributed by atoms with E-state index < -0.39 is 0 Å². The third-order valence-electron chi connectivity index (χ3n) is 3.64. The Labute approximate surface area is 110 Å². The van der Waals surface area contributed by atoms with Gasteiger partial charge in [-0.15, -0.1) is 0 Å². The highest BCUT2D eigenvalue weighted by Gasteiger charge is 2.13. The lowest BCUT2D eigenvalue weighted by Gasteiger charge is -2.21. The van der Waals surface area contributed by atoms with E-state index >= 15 is 0 Å². The van der Waals surface area contributed by atoms with Crippen LogP contribution in [-0.4, -0.2) is 18.1 Å². The van der Waals surface area contributed by atoms with E-state index in [9.17, 15) is 0 Å². The van der Waals surface area contributed by atoms with Gasteiger partial charge in [0.05, 0.1) is 6.61 Å². The minimum Gasteiger partial charge on any atom is -0.490 e. The van der Waals surface area contributed by atoms with Crippen LogP contribution in [0.25, 0.3) is 0 Å². The third kappa shape index (κ3) is 3.90. The molecule has 0 aliphatic heterocycles. The molecule has 1 aliphatic rings. The molecule has 0 bridgehead atoms. The highest BCUT2D eigenvalue weighted by Crippen LogP contribution is 2.27. The van der Waals surface area contributed by atoms with E-state index in [1.54, 1.807) is 0 Å². The largest absolute Gasteiger partial charge is 0.490 e. The van der Waals surface area contributed by atoms with Crippen molar-refractivity contribution in [3.63, 3.8) is 0 Å². The molecule has 0 amide bonds. The molecule has 0 radical (unpaired) electrons. The number of rotatable bonds is 6. The predicted molar refractivity (Wildman–Crippen MR) is 75.1 cm³/mol. The van der Waals surface area contributed by atoms with Crippen molar-refractivity contribution in [1.82, 2.24) is 4.98 Å². The summed E-state index contributed by atoms with van der Waals surface area (Å²) in [7, 11) is 0. The van der Waals surface area contributed by atoms with Gasteiger partial charge >= 0.3 is 0 Å². The number of ether oxygens (including phenoxy) is 1. The molecule has 0 saturated heterocycles. The van der Waals surface area contributed by atoms with Crippen LogP contribution < -0.4 is 10.1 Å². The monoisotopic (exact) mass is 248 g/mol. The maximum absolute atomic E-state index is 5.55. The zero-order valence-electron chi connectivity index (χ0n) is 11.3. The molecule has 1 aromatic rings. The van der Waals surface area contributed by atoms with Crippen molar-refractivity contribution < 1.29 is 4.74 Å². The Balaban J connectivity index is 1.78. The average Bonchev–Trinajstić information content (AvgIpc) is 2.42. The Morgan fingerprint density at radius 1 is 1.33 bits per heavy atom. The Bertz CT molecular complexity index is 348. The molecule has 0 aromatic carbocycles. The van der Waals surface area contributed by atoms with Crippen LogP contribution in [0, 0.1) is 5.92 Å². The zero-order chi connectivity index (χ0) is 12.6. The van der Waals surface area contributed by atoms with Crippen molar-refractivity contribution >= 4 is 5.82 Å². The van der Waals surface area contributed by atoms with Crippen molar-refractivity contribution in [2.45, 2.75) is 45.4 Å². The molecule has 0 atom stereocenters. The van der Waals surface area contributed by atoms with Gasteiger partial charge in [-0.2, -0.15) is 0 Å². The molecule has 2 rings (SSSR count). The molecular weight excluding hydrogens is 224 g/mol. The van der Waals surface area contributed by atoms with Gasteiger partial charge in [0.2, 0.25) is 0 Å². The van der Waals surface area contributed by atoms with E-state index in [1.165, 1.54) is 38.5 Å². The van der Waals surface area contributed by atoms with E-state index in [4.69, 9.17) is 4.74 Å². The number of hydrogen-bond donors (Lipinski definition) is 1. The number of aromatic nitrogens is 1. The lowest BCUT2D eigenvalue weighted by atomic mass is 9.87. The maximum Gasteiger partial charge on any atom is 0.168 e. The minimum atomic E-state index is 0.684.